The Kier molecular flexibility index (Phi) is 7.96. The van der Waals surface area contributed by atoms with Gasteiger partial charge >= 0.3 is 5.97 Å². The van der Waals surface area contributed by atoms with Crippen LogP contribution in [0.4, 0.5) is 17.1 Å². The van der Waals surface area contributed by atoms with E-state index >= 15 is 0 Å². The van der Waals surface area contributed by atoms with Crippen molar-refractivity contribution in [2.24, 2.45) is 0 Å². The third-order valence-electron chi connectivity index (χ3n) is 5.97. The number of para-hydroxylation sites is 2. The number of benzene rings is 5. The van der Waals surface area contributed by atoms with Crippen LogP contribution in [0.25, 0.3) is 12.2 Å². The molecule has 0 atom stereocenters. The summed E-state index contributed by atoms with van der Waals surface area (Å²) in [7, 11) is 0. The Labute approximate surface area is 228 Å². The van der Waals surface area contributed by atoms with Crippen LogP contribution in [0.2, 0.25) is 0 Å². The van der Waals surface area contributed by atoms with Crippen molar-refractivity contribution in [1.82, 2.24) is 0 Å². The fourth-order valence-electron chi connectivity index (χ4n) is 4.04. The zero-order valence-corrected chi connectivity index (χ0v) is 21.3. The second kappa shape index (κ2) is 12.3. The highest BCUT2D eigenvalue weighted by Crippen LogP contribution is 2.34. The molecule has 4 nitrogen and oxygen atoms in total. The summed E-state index contributed by atoms with van der Waals surface area (Å²) in [5.41, 5.74) is 5.49. The number of carbonyl (C=O) groups excluding carboxylic acids is 1. The zero-order chi connectivity index (χ0) is 26.9. The summed E-state index contributed by atoms with van der Waals surface area (Å²) in [4.78, 5) is 13.5. The van der Waals surface area contributed by atoms with E-state index in [4.69, 9.17) is 9.47 Å². The van der Waals surface area contributed by atoms with E-state index < -0.39 is 5.97 Å². The van der Waals surface area contributed by atoms with E-state index in [1.807, 2.05) is 36.4 Å². The summed E-state index contributed by atoms with van der Waals surface area (Å²) >= 11 is 0. The summed E-state index contributed by atoms with van der Waals surface area (Å²) in [5.74, 6) is 1.31. The number of carbonyl (C=O) groups is 1. The smallest absolute Gasteiger partial charge is 0.335 e. The molecule has 0 fully saturated rings. The van der Waals surface area contributed by atoms with E-state index in [0.717, 1.165) is 34.3 Å². The molecule has 0 aromatic heterocycles. The number of nitrogens with zero attached hydrogens (tertiary/aromatic N) is 1. The van der Waals surface area contributed by atoms with Gasteiger partial charge in [-0.2, -0.15) is 0 Å². The lowest BCUT2D eigenvalue weighted by molar-refractivity contribution is -0.128. The van der Waals surface area contributed by atoms with Crippen molar-refractivity contribution >= 4 is 35.2 Å². The molecule has 0 unspecified atom stereocenters. The lowest BCUT2D eigenvalue weighted by Gasteiger charge is -2.25. The van der Waals surface area contributed by atoms with E-state index in [9.17, 15) is 4.79 Å². The van der Waals surface area contributed by atoms with Crippen molar-refractivity contribution in [1.29, 1.82) is 0 Å². The summed E-state index contributed by atoms with van der Waals surface area (Å²) in [6.45, 7) is 3.39. The van der Waals surface area contributed by atoms with Gasteiger partial charge in [-0.1, -0.05) is 79.4 Å². The first-order chi connectivity index (χ1) is 19.2. The van der Waals surface area contributed by atoms with Gasteiger partial charge in [-0.15, -0.1) is 0 Å². The Morgan fingerprint density at radius 1 is 0.538 bits per heavy atom. The first-order valence-electron chi connectivity index (χ1n) is 12.6. The molecule has 0 radical (unpaired) electrons. The van der Waals surface area contributed by atoms with Crippen molar-refractivity contribution in [3.05, 3.63) is 157 Å². The van der Waals surface area contributed by atoms with Gasteiger partial charge in [-0.05, 0) is 83.9 Å². The van der Waals surface area contributed by atoms with Gasteiger partial charge in [0.05, 0.1) is 0 Å². The molecule has 0 aliphatic rings. The number of hydrogen-bond donors (Lipinski definition) is 0. The second-order valence-electron chi connectivity index (χ2n) is 8.70. The predicted octanol–water partition coefficient (Wildman–Crippen LogP) is 9.21. The molecular formula is C35H27NO3. The summed E-state index contributed by atoms with van der Waals surface area (Å²) in [6.07, 6.45) is 5.30. The highest BCUT2D eigenvalue weighted by atomic mass is 16.5. The van der Waals surface area contributed by atoms with Gasteiger partial charge in [0, 0.05) is 23.1 Å². The molecule has 5 aromatic rings. The minimum atomic E-state index is -0.496. The normalized spacial score (nSPS) is 10.7. The Balaban J connectivity index is 1.24. The van der Waals surface area contributed by atoms with E-state index in [-0.39, 0.29) is 0 Å². The lowest BCUT2D eigenvalue weighted by atomic mass is 10.1. The maximum Gasteiger partial charge on any atom is 0.335 e. The van der Waals surface area contributed by atoms with Crippen LogP contribution in [0.3, 0.4) is 0 Å². The summed E-state index contributed by atoms with van der Waals surface area (Å²) in [6, 6.07) is 44.0. The number of anilines is 3. The van der Waals surface area contributed by atoms with Crippen LogP contribution in [0, 0.1) is 0 Å². The second-order valence-corrected chi connectivity index (χ2v) is 8.70. The molecule has 0 amide bonds. The van der Waals surface area contributed by atoms with E-state index in [0.29, 0.717) is 17.2 Å². The molecule has 190 valence electrons. The SMILES string of the molecule is C=CC(=O)Oc1ccc(Oc2ccc(C=Cc3ccc(N(c4ccccc4)c4ccccc4)cc3)cc2)cc1. The standard InChI is InChI=1S/C35H27NO3/c1-2-35(37)39-34-25-23-33(24-26-34)38-32-21-17-28(18-22-32)14-13-27-15-19-31(20-16-27)36(29-9-5-3-6-10-29)30-11-7-4-8-12-30/h2-26H,1H2. The van der Waals surface area contributed by atoms with Gasteiger partial charge in [0.2, 0.25) is 0 Å². The van der Waals surface area contributed by atoms with Crippen LogP contribution >= 0.6 is 0 Å². The molecule has 0 aliphatic heterocycles. The molecule has 0 spiro atoms. The van der Waals surface area contributed by atoms with Crippen molar-refractivity contribution in [3.63, 3.8) is 0 Å². The minimum Gasteiger partial charge on any atom is -0.457 e. The minimum absolute atomic E-state index is 0.439. The average molecular weight is 510 g/mol. The number of esters is 1. The van der Waals surface area contributed by atoms with Crippen molar-refractivity contribution in [2.75, 3.05) is 4.90 Å². The average Bonchev–Trinajstić information content (AvgIpc) is 3.00. The summed E-state index contributed by atoms with van der Waals surface area (Å²) < 4.78 is 11.0. The Morgan fingerprint density at radius 3 is 1.44 bits per heavy atom. The Morgan fingerprint density at radius 2 is 0.949 bits per heavy atom. The van der Waals surface area contributed by atoms with Crippen molar-refractivity contribution in [2.45, 2.75) is 0 Å². The van der Waals surface area contributed by atoms with Crippen LogP contribution in [0.15, 0.2) is 146 Å². The van der Waals surface area contributed by atoms with Gasteiger partial charge in [-0.25, -0.2) is 4.79 Å². The fraction of sp³-hybridized carbons (Fsp3) is 0. The summed E-state index contributed by atoms with van der Waals surface area (Å²) in [5, 5.41) is 0. The van der Waals surface area contributed by atoms with Gasteiger partial charge in [-0.3, -0.25) is 0 Å². The van der Waals surface area contributed by atoms with Crippen LogP contribution in [-0.4, -0.2) is 5.97 Å². The molecular weight excluding hydrogens is 482 g/mol. The third-order valence-corrected chi connectivity index (χ3v) is 5.97. The molecule has 0 aliphatic carbocycles. The van der Waals surface area contributed by atoms with Crippen molar-refractivity contribution < 1.29 is 14.3 Å². The first kappa shape index (κ1) is 25.3. The molecule has 0 saturated heterocycles. The maximum atomic E-state index is 11.3. The van der Waals surface area contributed by atoms with E-state index in [2.05, 4.69) is 96.4 Å². The fourth-order valence-corrected chi connectivity index (χ4v) is 4.04. The molecule has 4 heteroatoms. The topological polar surface area (TPSA) is 38.8 Å². The van der Waals surface area contributed by atoms with Gasteiger partial charge in [0.15, 0.2) is 0 Å². The van der Waals surface area contributed by atoms with Crippen molar-refractivity contribution in [3.8, 4) is 17.2 Å². The molecule has 0 N–H and O–H groups in total. The molecule has 39 heavy (non-hydrogen) atoms. The van der Waals surface area contributed by atoms with Crippen LogP contribution in [-0.2, 0) is 4.79 Å². The Hall–Kier alpha value is -5.35. The maximum absolute atomic E-state index is 11.3. The third kappa shape index (κ3) is 6.70. The predicted molar refractivity (Wildman–Crippen MR) is 159 cm³/mol. The largest absolute Gasteiger partial charge is 0.457 e. The molecule has 5 rings (SSSR count). The van der Waals surface area contributed by atoms with E-state index in [1.54, 1.807) is 24.3 Å². The first-order valence-corrected chi connectivity index (χ1v) is 12.6. The van der Waals surface area contributed by atoms with E-state index in [1.165, 1.54) is 0 Å². The quantitative estimate of drug-likeness (QED) is 0.0859. The molecule has 5 aromatic carbocycles. The van der Waals surface area contributed by atoms with Crippen LogP contribution in [0.1, 0.15) is 11.1 Å². The highest BCUT2D eigenvalue weighted by molar-refractivity contribution is 5.83. The molecule has 0 heterocycles. The van der Waals surface area contributed by atoms with Crippen LogP contribution < -0.4 is 14.4 Å². The Bertz CT molecular complexity index is 1500. The number of hydrogen-bond acceptors (Lipinski definition) is 4. The number of ether oxygens (including phenoxy) is 2. The van der Waals surface area contributed by atoms with Gasteiger partial charge < -0.3 is 14.4 Å². The molecule has 0 saturated carbocycles. The van der Waals surface area contributed by atoms with Crippen LogP contribution in [0.5, 0.6) is 17.2 Å². The lowest BCUT2D eigenvalue weighted by Crippen LogP contribution is -2.09. The zero-order valence-electron chi connectivity index (χ0n) is 21.3. The monoisotopic (exact) mass is 509 g/mol. The molecule has 0 bridgehead atoms. The highest BCUT2D eigenvalue weighted by Gasteiger charge is 2.11. The number of rotatable bonds is 9. The van der Waals surface area contributed by atoms with Gasteiger partial charge in [0.1, 0.15) is 17.2 Å². The van der Waals surface area contributed by atoms with Gasteiger partial charge in [0.25, 0.3) is 0 Å².